The molecule has 5 aliphatic rings. The Bertz CT molecular complexity index is 422. The Morgan fingerprint density at radius 3 is 2.61 bits per heavy atom. The van der Waals surface area contributed by atoms with Gasteiger partial charge in [-0.3, -0.25) is 0 Å². The topological polar surface area (TPSA) is 0 Å². The van der Waals surface area contributed by atoms with Crippen molar-refractivity contribution in [2.45, 2.75) is 78.1 Å². The van der Waals surface area contributed by atoms with Gasteiger partial charge in [-0.15, -0.1) is 0 Å². The molecule has 5 fully saturated rings. The van der Waals surface area contributed by atoms with Gasteiger partial charge in [0.15, 0.2) is 0 Å². The van der Waals surface area contributed by atoms with Crippen LogP contribution in [0, 0.1) is 33.5 Å². The first kappa shape index (κ1) is 10.7. The van der Waals surface area contributed by atoms with Crippen molar-refractivity contribution in [3.05, 3.63) is 0 Å². The van der Waals surface area contributed by atoms with Gasteiger partial charge >= 0.3 is 0 Å². The van der Waals surface area contributed by atoms with E-state index in [2.05, 4.69) is 13.8 Å². The molecule has 5 saturated carbocycles. The lowest BCUT2D eigenvalue weighted by Gasteiger charge is -2.81. The van der Waals surface area contributed by atoms with Gasteiger partial charge < -0.3 is 0 Å². The molecule has 6 unspecified atom stereocenters. The minimum absolute atomic E-state index is 0.775. The maximum Gasteiger partial charge on any atom is -0.0209 e. The third kappa shape index (κ3) is 0.879. The van der Waals surface area contributed by atoms with Gasteiger partial charge in [-0.1, -0.05) is 20.3 Å². The van der Waals surface area contributed by atoms with E-state index in [1.54, 1.807) is 57.8 Å². The molecule has 0 heterocycles. The molecular weight excluding hydrogens is 216 g/mol. The lowest BCUT2D eigenvalue weighted by atomic mass is 9.23. The van der Waals surface area contributed by atoms with Crippen LogP contribution in [-0.2, 0) is 0 Å². The highest BCUT2D eigenvalue weighted by Gasteiger charge is 2.79. The van der Waals surface area contributed by atoms with Crippen molar-refractivity contribution in [2.24, 2.45) is 33.5 Å². The Morgan fingerprint density at radius 2 is 1.78 bits per heavy atom. The second kappa shape index (κ2) is 2.72. The fourth-order valence-electron chi connectivity index (χ4n) is 8.54. The van der Waals surface area contributed by atoms with E-state index in [1.807, 2.05) is 0 Å². The minimum Gasteiger partial charge on any atom is -0.0649 e. The van der Waals surface area contributed by atoms with Gasteiger partial charge in [0.2, 0.25) is 0 Å². The van der Waals surface area contributed by atoms with E-state index >= 15 is 0 Å². The van der Waals surface area contributed by atoms with E-state index in [-0.39, 0.29) is 0 Å². The van der Waals surface area contributed by atoms with E-state index in [0.29, 0.717) is 0 Å². The van der Waals surface area contributed by atoms with Gasteiger partial charge in [-0.05, 0) is 91.3 Å². The van der Waals surface area contributed by atoms with Crippen LogP contribution in [0.5, 0.6) is 0 Å². The Labute approximate surface area is 112 Å². The fraction of sp³-hybridized carbons (Fsp3) is 1.00. The van der Waals surface area contributed by atoms with Crippen molar-refractivity contribution in [3.63, 3.8) is 0 Å². The molecule has 100 valence electrons. The first-order valence-corrected chi connectivity index (χ1v) is 8.55. The van der Waals surface area contributed by atoms with Crippen LogP contribution in [0.15, 0.2) is 0 Å². The molecule has 6 atom stereocenters. The molecule has 0 heteroatoms. The number of hydrogen-bond donors (Lipinski definition) is 0. The summed E-state index contributed by atoms with van der Waals surface area (Å²) >= 11 is 0. The van der Waals surface area contributed by atoms with Gasteiger partial charge in [0.05, 0.1) is 0 Å². The first-order valence-electron chi connectivity index (χ1n) is 8.55. The quantitative estimate of drug-likeness (QED) is 0.596. The predicted molar refractivity (Wildman–Crippen MR) is 74.2 cm³/mol. The Morgan fingerprint density at radius 1 is 0.944 bits per heavy atom. The van der Waals surface area contributed by atoms with Gasteiger partial charge in [0.25, 0.3) is 0 Å². The maximum absolute atomic E-state index is 2.73. The highest BCUT2D eigenvalue weighted by molar-refractivity contribution is 5.28. The molecule has 0 nitrogen and oxygen atoms in total. The third-order valence-electron chi connectivity index (χ3n) is 8.99. The summed E-state index contributed by atoms with van der Waals surface area (Å²) in [5, 5.41) is 0. The third-order valence-corrected chi connectivity index (χ3v) is 8.99. The van der Waals surface area contributed by atoms with Crippen LogP contribution in [0.4, 0.5) is 0 Å². The molecule has 5 aliphatic carbocycles. The average Bonchev–Trinajstić information content (AvgIpc) is 2.39. The molecule has 0 aliphatic heterocycles. The van der Waals surface area contributed by atoms with Crippen molar-refractivity contribution in [3.8, 4) is 0 Å². The van der Waals surface area contributed by atoms with Crippen LogP contribution in [0.1, 0.15) is 78.1 Å². The molecule has 0 aromatic rings. The molecule has 18 heavy (non-hydrogen) atoms. The predicted octanol–water partition coefficient (Wildman–Crippen LogP) is 5.17. The van der Waals surface area contributed by atoms with E-state index in [0.717, 1.165) is 33.5 Å². The summed E-state index contributed by atoms with van der Waals surface area (Å²) in [5.74, 6) is 2.22. The van der Waals surface area contributed by atoms with Gasteiger partial charge in [0.1, 0.15) is 0 Å². The summed E-state index contributed by atoms with van der Waals surface area (Å²) in [6.07, 6.45) is 16.0. The molecule has 2 spiro atoms. The van der Waals surface area contributed by atoms with Gasteiger partial charge in [0, 0.05) is 0 Å². The van der Waals surface area contributed by atoms with E-state index in [4.69, 9.17) is 0 Å². The molecule has 0 aromatic carbocycles. The molecule has 0 amide bonds. The summed E-state index contributed by atoms with van der Waals surface area (Å²) in [4.78, 5) is 0. The minimum atomic E-state index is 0.775. The first-order chi connectivity index (χ1) is 8.55. The highest BCUT2D eigenvalue weighted by Crippen LogP contribution is 2.88. The van der Waals surface area contributed by atoms with Crippen molar-refractivity contribution >= 4 is 0 Å². The van der Waals surface area contributed by atoms with Crippen molar-refractivity contribution in [1.29, 1.82) is 0 Å². The van der Waals surface area contributed by atoms with E-state index < -0.39 is 0 Å². The van der Waals surface area contributed by atoms with Crippen LogP contribution in [-0.4, -0.2) is 0 Å². The van der Waals surface area contributed by atoms with Crippen LogP contribution >= 0.6 is 0 Å². The number of fused-ring (bicyclic) bond motifs is 3. The monoisotopic (exact) mass is 244 g/mol. The second-order valence-electron chi connectivity index (χ2n) is 9.40. The smallest absolute Gasteiger partial charge is 0.0209 e. The Kier molecular flexibility index (Phi) is 1.62. The summed E-state index contributed by atoms with van der Waals surface area (Å²) in [5.41, 5.74) is 3.20. The van der Waals surface area contributed by atoms with Crippen LogP contribution in [0.25, 0.3) is 0 Å². The van der Waals surface area contributed by atoms with E-state index in [1.165, 1.54) is 6.42 Å². The fourth-order valence-corrected chi connectivity index (χ4v) is 8.54. The molecule has 0 N–H and O–H groups in total. The molecular formula is C18H28. The molecule has 5 rings (SSSR count). The summed E-state index contributed by atoms with van der Waals surface area (Å²) in [6.45, 7) is 5.23. The molecule has 0 saturated heterocycles. The standard InChI is InChI=1S/C18H28/c1-3-16-8-14-6-13-4-5-17(10-16)12-18(9-14,11-16)15(17,2)7-13/h13-14H,3-12H2,1-2H3. The Balaban J connectivity index is 1.73. The molecule has 0 aromatic heterocycles. The van der Waals surface area contributed by atoms with Crippen LogP contribution in [0.2, 0.25) is 0 Å². The largest absolute Gasteiger partial charge is 0.0649 e. The van der Waals surface area contributed by atoms with Gasteiger partial charge in [-0.2, -0.15) is 0 Å². The number of hydrogen-bond acceptors (Lipinski definition) is 0. The SMILES string of the molecule is CCC12CC3CC4CCC5(C1)CC(C3)(C2)C5(C)C4. The summed E-state index contributed by atoms with van der Waals surface area (Å²) in [6, 6.07) is 0. The second-order valence-corrected chi connectivity index (χ2v) is 9.40. The van der Waals surface area contributed by atoms with Crippen molar-refractivity contribution in [2.75, 3.05) is 0 Å². The Hall–Kier alpha value is 0. The molecule has 0 radical (unpaired) electrons. The molecule has 6 bridgehead atoms. The zero-order valence-electron chi connectivity index (χ0n) is 12.2. The summed E-state index contributed by atoms with van der Waals surface area (Å²) in [7, 11) is 0. The zero-order chi connectivity index (χ0) is 12.2. The zero-order valence-corrected chi connectivity index (χ0v) is 12.2. The number of rotatable bonds is 1. The highest BCUT2D eigenvalue weighted by atomic mass is 14.8. The van der Waals surface area contributed by atoms with Crippen LogP contribution < -0.4 is 0 Å². The van der Waals surface area contributed by atoms with Crippen LogP contribution in [0.3, 0.4) is 0 Å². The van der Waals surface area contributed by atoms with E-state index in [9.17, 15) is 0 Å². The average molecular weight is 244 g/mol. The normalized spacial score (nSPS) is 67.7. The lowest BCUT2D eigenvalue weighted by molar-refractivity contribution is -0.319. The summed E-state index contributed by atoms with van der Waals surface area (Å²) < 4.78 is 0. The maximum atomic E-state index is 2.73. The lowest BCUT2D eigenvalue weighted by Crippen LogP contribution is -2.72. The van der Waals surface area contributed by atoms with Crippen molar-refractivity contribution in [1.82, 2.24) is 0 Å². The van der Waals surface area contributed by atoms with Gasteiger partial charge in [-0.25, -0.2) is 0 Å². The van der Waals surface area contributed by atoms with Crippen molar-refractivity contribution < 1.29 is 0 Å².